The summed E-state index contributed by atoms with van der Waals surface area (Å²) in [6.07, 6.45) is 4.05. The van der Waals surface area contributed by atoms with Crippen LogP contribution in [0.25, 0.3) is 0 Å². The Morgan fingerprint density at radius 3 is 2.75 bits per heavy atom. The summed E-state index contributed by atoms with van der Waals surface area (Å²) in [5, 5.41) is 3.40. The Bertz CT molecular complexity index is 514. The van der Waals surface area contributed by atoms with E-state index in [1.54, 1.807) is 0 Å². The summed E-state index contributed by atoms with van der Waals surface area (Å²) in [4.78, 5) is 8.59. The van der Waals surface area contributed by atoms with Gasteiger partial charge in [-0.1, -0.05) is 18.2 Å². The fourth-order valence-electron chi connectivity index (χ4n) is 2.24. The Kier molecular flexibility index (Phi) is 9.61. The molecule has 0 atom stereocenters. The van der Waals surface area contributed by atoms with Crippen molar-refractivity contribution in [3.63, 3.8) is 0 Å². The summed E-state index contributed by atoms with van der Waals surface area (Å²) in [6, 6.07) is 8.19. The third-order valence-corrected chi connectivity index (χ3v) is 3.63. The third kappa shape index (κ3) is 8.02. The molecule has 0 spiro atoms. The zero-order chi connectivity index (χ0) is 17.8. The molecule has 5 heteroatoms. The first-order valence-electron chi connectivity index (χ1n) is 8.46. The number of likely N-dealkylation sites (N-methyl/N-ethyl adjacent to an activating group) is 1. The molecule has 0 saturated heterocycles. The monoisotopic (exact) mass is 332 g/mol. The van der Waals surface area contributed by atoms with Crippen molar-refractivity contribution in [3.05, 3.63) is 42.5 Å². The SMILES string of the molecule is C=CCCCN(C)C(=NC)NCc1cccc(OCCN(C)C)c1. The maximum Gasteiger partial charge on any atom is 0.193 e. The summed E-state index contributed by atoms with van der Waals surface area (Å²) in [7, 11) is 7.95. The number of hydrogen-bond acceptors (Lipinski definition) is 3. The predicted molar refractivity (Wildman–Crippen MR) is 103 cm³/mol. The van der Waals surface area contributed by atoms with Gasteiger partial charge in [0.25, 0.3) is 0 Å². The molecule has 0 unspecified atom stereocenters. The van der Waals surface area contributed by atoms with Crippen molar-refractivity contribution >= 4 is 5.96 Å². The number of benzene rings is 1. The van der Waals surface area contributed by atoms with Crippen LogP contribution < -0.4 is 10.1 Å². The lowest BCUT2D eigenvalue weighted by atomic mass is 10.2. The molecular weight excluding hydrogens is 300 g/mol. The van der Waals surface area contributed by atoms with Gasteiger partial charge in [-0.05, 0) is 44.6 Å². The lowest BCUT2D eigenvalue weighted by Gasteiger charge is -2.22. The van der Waals surface area contributed by atoms with Crippen LogP contribution in [0.4, 0.5) is 0 Å². The van der Waals surface area contributed by atoms with Gasteiger partial charge in [0, 0.05) is 33.7 Å². The minimum absolute atomic E-state index is 0.692. The van der Waals surface area contributed by atoms with Gasteiger partial charge in [-0.2, -0.15) is 0 Å². The minimum atomic E-state index is 0.692. The number of guanidine groups is 1. The highest BCUT2D eigenvalue weighted by Crippen LogP contribution is 2.13. The molecule has 1 N–H and O–H groups in total. The van der Waals surface area contributed by atoms with E-state index in [-0.39, 0.29) is 0 Å². The van der Waals surface area contributed by atoms with Crippen molar-refractivity contribution in [2.24, 2.45) is 4.99 Å². The zero-order valence-electron chi connectivity index (χ0n) is 15.6. The topological polar surface area (TPSA) is 40.1 Å². The van der Waals surface area contributed by atoms with Crippen LogP contribution in [0.1, 0.15) is 18.4 Å². The first-order valence-corrected chi connectivity index (χ1v) is 8.46. The van der Waals surface area contributed by atoms with E-state index in [0.29, 0.717) is 6.61 Å². The number of allylic oxidation sites excluding steroid dienone is 1. The highest BCUT2D eigenvalue weighted by Gasteiger charge is 2.05. The average Bonchev–Trinajstić information content (AvgIpc) is 2.56. The van der Waals surface area contributed by atoms with Gasteiger partial charge in [0.2, 0.25) is 0 Å². The van der Waals surface area contributed by atoms with Gasteiger partial charge in [-0.25, -0.2) is 0 Å². The first kappa shape index (κ1) is 20.0. The van der Waals surface area contributed by atoms with Gasteiger partial charge in [-0.3, -0.25) is 4.99 Å². The molecule has 0 aliphatic rings. The molecule has 0 aliphatic heterocycles. The van der Waals surface area contributed by atoms with Gasteiger partial charge < -0.3 is 19.9 Å². The molecule has 0 bridgehead atoms. The maximum atomic E-state index is 5.78. The molecule has 1 aromatic carbocycles. The molecule has 5 nitrogen and oxygen atoms in total. The van der Waals surface area contributed by atoms with E-state index in [9.17, 15) is 0 Å². The highest BCUT2D eigenvalue weighted by atomic mass is 16.5. The van der Waals surface area contributed by atoms with Crippen molar-refractivity contribution in [2.75, 3.05) is 47.9 Å². The summed E-state index contributed by atoms with van der Waals surface area (Å²) in [5.41, 5.74) is 1.18. The summed E-state index contributed by atoms with van der Waals surface area (Å²) < 4.78 is 5.78. The highest BCUT2D eigenvalue weighted by molar-refractivity contribution is 5.79. The lowest BCUT2D eigenvalue weighted by molar-refractivity contribution is 0.261. The molecule has 0 aromatic heterocycles. The lowest BCUT2D eigenvalue weighted by Crippen LogP contribution is -2.38. The molecule has 0 saturated carbocycles. The molecule has 1 aromatic rings. The van der Waals surface area contributed by atoms with Gasteiger partial charge in [0.1, 0.15) is 12.4 Å². The summed E-state index contributed by atoms with van der Waals surface area (Å²) >= 11 is 0. The van der Waals surface area contributed by atoms with Gasteiger partial charge in [0.15, 0.2) is 5.96 Å². The maximum absolute atomic E-state index is 5.78. The second-order valence-electron chi connectivity index (χ2n) is 6.05. The number of aliphatic imine (C=N–C) groups is 1. The van der Waals surface area contributed by atoms with Crippen LogP contribution in [0.15, 0.2) is 41.9 Å². The van der Waals surface area contributed by atoms with Crippen molar-refractivity contribution in [1.82, 2.24) is 15.1 Å². The van der Waals surface area contributed by atoms with E-state index >= 15 is 0 Å². The van der Waals surface area contributed by atoms with E-state index in [1.165, 1.54) is 5.56 Å². The quantitative estimate of drug-likeness (QED) is 0.309. The number of ether oxygens (including phenoxy) is 1. The molecule has 0 heterocycles. The number of nitrogens with one attached hydrogen (secondary N) is 1. The molecule has 0 aliphatic carbocycles. The van der Waals surface area contributed by atoms with Gasteiger partial charge >= 0.3 is 0 Å². The third-order valence-electron chi connectivity index (χ3n) is 3.63. The molecule has 0 fully saturated rings. The molecular formula is C19H32N4O. The first-order chi connectivity index (χ1) is 11.6. The number of rotatable bonds is 10. The Labute approximate surface area is 147 Å². The van der Waals surface area contributed by atoms with Crippen LogP contribution in [0.2, 0.25) is 0 Å². The second-order valence-corrected chi connectivity index (χ2v) is 6.05. The second kappa shape index (κ2) is 11.5. The number of hydrogen-bond donors (Lipinski definition) is 1. The summed E-state index contributed by atoms with van der Waals surface area (Å²) in [5.74, 6) is 1.81. The van der Waals surface area contributed by atoms with Crippen molar-refractivity contribution < 1.29 is 4.74 Å². The van der Waals surface area contributed by atoms with E-state index in [2.05, 4.69) is 45.9 Å². The van der Waals surface area contributed by atoms with Crippen LogP contribution >= 0.6 is 0 Å². The fraction of sp³-hybridized carbons (Fsp3) is 0.526. The van der Waals surface area contributed by atoms with Crippen LogP contribution in [-0.4, -0.2) is 63.6 Å². The molecule has 134 valence electrons. The summed E-state index contributed by atoms with van der Waals surface area (Å²) in [6.45, 7) is 7.04. The Balaban J connectivity index is 2.48. The molecule has 1 rings (SSSR count). The molecule has 24 heavy (non-hydrogen) atoms. The Morgan fingerprint density at radius 2 is 2.08 bits per heavy atom. The molecule has 0 radical (unpaired) electrons. The zero-order valence-corrected chi connectivity index (χ0v) is 15.6. The normalized spacial score (nSPS) is 11.5. The van der Waals surface area contributed by atoms with Crippen LogP contribution in [0.5, 0.6) is 5.75 Å². The Hall–Kier alpha value is -2.01. The smallest absolute Gasteiger partial charge is 0.193 e. The standard InChI is InChI=1S/C19H32N4O/c1-6-7-8-12-23(5)19(20-2)21-16-17-10-9-11-18(15-17)24-14-13-22(3)4/h6,9-11,15H,1,7-8,12-14,16H2,2-5H3,(H,20,21). The predicted octanol–water partition coefficient (Wildman–Crippen LogP) is 2.60. The van der Waals surface area contributed by atoms with Crippen molar-refractivity contribution in [2.45, 2.75) is 19.4 Å². The van der Waals surface area contributed by atoms with Gasteiger partial charge in [-0.15, -0.1) is 6.58 Å². The number of unbranched alkanes of at least 4 members (excludes halogenated alkanes) is 1. The van der Waals surface area contributed by atoms with Gasteiger partial charge in [0.05, 0.1) is 0 Å². The average molecular weight is 332 g/mol. The van der Waals surface area contributed by atoms with E-state index in [1.807, 2.05) is 39.4 Å². The fourth-order valence-corrected chi connectivity index (χ4v) is 2.24. The van der Waals surface area contributed by atoms with Crippen LogP contribution in [-0.2, 0) is 6.54 Å². The minimum Gasteiger partial charge on any atom is -0.492 e. The van der Waals surface area contributed by atoms with Crippen LogP contribution in [0, 0.1) is 0 Å². The Morgan fingerprint density at radius 1 is 1.29 bits per heavy atom. The van der Waals surface area contributed by atoms with E-state index in [0.717, 1.165) is 44.2 Å². The largest absolute Gasteiger partial charge is 0.492 e. The van der Waals surface area contributed by atoms with Crippen molar-refractivity contribution in [1.29, 1.82) is 0 Å². The van der Waals surface area contributed by atoms with Crippen molar-refractivity contribution in [3.8, 4) is 5.75 Å². The van der Waals surface area contributed by atoms with Crippen LogP contribution in [0.3, 0.4) is 0 Å². The van der Waals surface area contributed by atoms with E-state index in [4.69, 9.17) is 4.74 Å². The number of nitrogens with zero attached hydrogens (tertiary/aromatic N) is 3. The molecule has 0 amide bonds. The van der Waals surface area contributed by atoms with E-state index < -0.39 is 0 Å².